The summed E-state index contributed by atoms with van der Waals surface area (Å²) in [6, 6.07) is 10.7. The molecule has 0 radical (unpaired) electrons. The minimum Gasteiger partial charge on any atom is -0.406 e. The van der Waals surface area contributed by atoms with Gasteiger partial charge in [0.15, 0.2) is 5.16 Å². The molecule has 1 aromatic heterocycles. The zero-order chi connectivity index (χ0) is 20.4. The normalized spacial score (nSPS) is 12.0. The fraction of sp³-hybridized carbons (Fsp3) is 0.118. The van der Waals surface area contributed by atoms with Gasteiger partial charge >= 0.3 is 6.36 Å². The Morgan fingerprint density at radius 2 is 1.86 bits per heavy atom. The summed E-state index contributed by atoms with van der Waals surface area (Å²) in [6.45, 7) is 0. The first-order valence-electron chi connectivity index (χ1n) is 7.76. The number of nitrogens with zero attached hydrogens (tertiary/aromatic N) is 2. The molecule has 0 aliphatic heterocycles. The standard InChI is InChI=1S/C17H14F3N3O3S2/c1-23-10-9-21-16(23)27-14-7-5-12(6-8-14)22-28(24,25)15-4-2-3-13(11-15)26-17(18,19)20/h2-11,22H,1H3. The summed E-state index contributed by atoms with van der Waals surface area (Å²) in [4.78, 5) is 4.69. The number of benzene rings is 2. The van der Waals surface area contributed by atoms with Crippen molar-refractivity contribution >= 4 is 27.5 Å². The highest BCUT2D eigenvalue weighted by atomic mass is 32.2. The average Bonchev–Trinajstić information content (AvgIpc) is 3.00. The predicted molar refractivity (Wildman–Crippen MR) is 97.7 cm³/mol. The van der Waals surface area contributed by atoms with Crippen LogP contribution in [0.3, 0.4) is 0 Å². The Kier molecular flexibility index (Phi) is 5.57. The third kappa shape index (κ3) is 5.20. The zero-order valence-electron chi connectivity index (χ0n) is 14.3. The Morgan fingerprint density at radius 3 is 2.46 bits per heavy atom. The Balaban J connectivity index is 1.73. The summed E-state index contributed by atoms with van der Waals surface area (Å²) in [5.74, 6) is -0.614. The highest BCUT2D eigenvalue weighted by molar-refractivity contribution is 7.99. The van der Waals surface area contributed by atoms with Crippen LogP contribution in [0.4, 0.5) is 18.9 Å². The number of nitrogens with one attached hydrogen (secondary N) is 1. The third-order valence-corrected chi connectivity index (χ3v) is 5.90. The molecule has 0 amide bonds. The predicted octanol–water partition coefficient (Wildman–Crippen LogP) is 4.27. The van der Waals surface area contributed by atoms with E-state index in [-0.39, 0.29) is 10.6 Å². The monoisotopic (exact) mass is 429 g/mol. The maximum absolute atomic E-state index is 12.4. The van der Waals surface area contributed by atoms with Gasteiger partial charge in [0, 0.05) is 36.1 Å². The van der Waals surface area contributed by atoms with Crippen LogP contribution in [0, 0.1) is 0 Å². The highest BCUT2D eigenvalue weighted by Gasteiger charge is 2.31. The summed E-state index contributed by atoms with van der Waals surface area (Å²) in [5, 5.41) is 0.773. The van der Waals surface area contributed by atoms with E-state index >= 15 is 0 Å². The number of halogens is 3. The number of alkyl halides is 3. The van der Waals surface area contributed by atoms with Crippen LogP contribution in [0.1, 0.15) is 0 Å². The van der Waals surface area contributed by atoms with E-state index in [1.165, 1.54) is 23.9 Å². The maximum atomic E-state index is 12.4. The van der Waals surface area contributed by atoms with Crippen LogP contribution in [0.5, 0.6) is 5.75 Å². The Bertz CT molecular complexity index is 1060. The van der Waals surface area contributed by atoms with Gasteiger partial charge in [-0.1, -0.05) is 17.8 Å². The molecule has 0 saturated heterocycles. The van der Waals surface area contributed by atoms with Gasteiger partial charge in [0.25, 0.3) is 10.0 Å². The van der Waals surface area contributed by atoms with Gasteiger partial charge in [0.1, 0.15) is 5.75 Å². The van der Waals surface area contributed by atoms with Crippen LogP contribution in [-0.4, -0.2) is 24.3 Å². The average molecular weight is 429 g/mol. The summed E-state index contributed by atoms with van der Waals surface area (Å²) in [5.41, 5.74) is 0.270. The molecule has 3 rings (SSSR count). The number of hydrogen-bond donors (Lipinski definition) is 1. The second-order valence-corrected chi connectivity index (χ2v) is 8.30. The minimum absolute atomic E-state index is 0.270. The van der Waals surface area contributed by atoms with E-state index in [0.29, 0.717) is 0 Å². The molecule has 0 spiro atoms. The van der Waals surface area contributed by atoms with E-state index in [1.807, 2.05) is 11.6 Å². The summed E-state index contributed by atoms with van der Waals surface area (Å²) < 4.78 is 69.8. The number of sulfonamides is 1. The maximum Gasteiger partial charge on any atom is 0.573 e. The van der Waals surface area contributed by atoms with Gasteiger partial charge in [-0.2, -0.15) is 0 Å². The van der Waals surface area contributed by atoms with Crippen molar-refractivity contribution in [3.63, 3.8) is 0 Å². The molecule has 11 heteroatoms. The van der Waals surface area contributed by atoms with E-state index in [4.69, 9.17) is 0 Å². The lowest BCUT2D eigenvalue weighted by Gasteiger charge is -2.12. The number of imidazole rings is 1. The first-order chi connectivity index (χ1) is 13.1. The van der Waals surface area contributed by atoms with E-state index in [1.54, 1.807) is 36.7 Å². The van der Waals surface area contributed by atoms with Crippen molar-refractivity contribution in [1.29, 1.82) is 0 Å². The van der Waals surface area contributed by atoms with Crippen LogP contribution < -0.4 is 9.46 Å². The molecule has 28 heavy (non-hydrogen) atoms. The van der Waals surface area contributed by atoms with Crippen molar-refractivity contribution in [2.75, 3.05) is 4.72 Å². The number of hydrogen-bond acceptors (Lipinski definition) is 5. The Labute approximate surface area is 163 Å². The van der Waals surface area contributed by atoms with E-state index in [2.05, 4.69) is 14.4 Å². The summed E-state index contributed by atoms with van der Waals surface area (Å²) in [7, 11) is -2.23. The molecule has 1 heterocycles. The van der Waals surface area contributed by atoms with E-state index < -0.39 is 22.1 Å². The van der Waals surface area contributed by atoms with Gasteiger partial charge in [-0.15, -0.1) is 13.2 Å². The van der Waals surface area contributed by atoms with Crippen molar-refractivity contribution in [3.8, 4) is 5.75 Å². The molecule has 2 aromatic carbocycles. The van der Waals surface area contributed by atoms with Crippen LogP contribution in [-0.2, 0) is 17.1 Å². The van der Waals surface area contributed by atoms with Gasteiger partial charge in [-0.3, -0.25) is 4.72 Å². The molecule has 0 aliphatic carbocycles. The first kappa shape index (κ1) is 20.1. The molecule has 0 atom stereocenters. The van der Waals surface area contributed by atoms with Crippen molar-refractivity contribution < 1.29 is 26.3 Å². The number of aromatic nitrogens is 2. The lowest BCUT2D eigenvalue weighted by atomic mass is 10.3. The van der Waals surface area contributed by atoms with Crippen LogP contribution >= 0.6 is 11.8 Å². The van der Waals surface area contributed by atoms with Gasteiger partial charge in [0.2, 0.25) is 0 Å². The van der Waals surface area contributed by atoms with Crippen molar-refractivity contribution in [2.45, 2.75) is 21.3 Å². The molecule has 1 N–H and O–H groups in total. The smallest absolute Gasteiger partial charge is 0.406 e. The SMILES string of the molecule is Cn1ccnc1Sc1ccc(NS(=O)(=O)c2cccc(OC(F)(F)F)c2)cc1. The van der Waals surface area contributed by atoms with E-state index in [0.717, 1.165) is 22.2 Å². The zero-order valence-corrected chi connectivity index (χ0v) is 16.0. The lowest BCUT2D eigenvalue weighted by Crippen LogP contribution is -2.18. The molecule has 0 aliphatic rings. The summed E-state index contributed by atoms with van der Waals surface area (Å²) >= 11 is 1.40. The number of anilines is 1. The molecule has 0 fully saturated rings. The summed E-state index contributed by atoms with van der Waals surface area (Å²) in [6.07, 6.45) is -1.43. The molecule has 6 nitrogen and oxygen atoms in total. The molecule has 0 bridgehead atoms. The largest absolute Gasteiger partial charge is 0.573 e. The molecule has 0 saturated carbocycles. The van der Waals surface area contributed by atoms with Crippen LogP contribution in [0.2, 0.25) is 0 Å². The van der Waals surface area contributed by atoms with Gasteiger partial charge in [-0.05, 0) is 36.4 Å². The van der Waals surface area contributed by atoms with Gasteiger partial charge < -0.3 is 9.30 Å². The quantitative estimate of drug-likeness (QED) is 0.634. The van der Waals surface area contributed by atoms with E-state index in [9.17, 15) is 21.6 Å². The fourth-order valence-electron chi connectivity index (χ4n) is 2.20. The molecular weight excluding hydrogens is 415 g/mol. The first-order valence-corrected chi connectivity index (χ1v) is 10.1. The van der Waals surface area contributed by atoms with Crippen molar-refractivity contribution in [1.82, 2.24) is 9.55 Å². The second kappa shape index (κ2) is 7.76. The highest BCUT2D eigenvalue weighted by Crippen LogP contribution is 2.28. The number of rotatable bonds is 6. The molecule has 148 valence electrons. The lowest BCUT2D eigenvalue weighted by molar-refractivity contribution is -0.274. The number of aryl methyl sites for hydroxylation is 1. The fourth-order valence-corrected chi connectivity index (χ4v) is 4.09. The molecule has 3 aromatic rings. The molecule has 0 unspecified atom stereocenters. The Hall–Kier alpha value is -2.66. The van der Waals surface area contributed by atoms with Gasteiger partial charge in [-0.25, -0.2) is 13.4 Å². The topological polar surface area (TPSA) is 73.2 Å². The van der Waals surface area contributed by atoms with Crippen molar-refractivity contribution in [3.05, 3.63) is 60.9 Å². The van der Waals surface area contributed by atoms with Crippen molar-refractivity contribution in [2.24, 2.45) is 7.05 Å². The minimum atomic E-state index is -4.91. The second-order valence-electron chi connectivity index (χ2n) is 5.58. The van der Waals surface area contributed by atoms with Crippen LogP contribution in [0.15, 0.2) is 75.9 Å². The van der Waals surface area contributed by atoms with Crippen LogP contribution in [0.25, 0.3) is 0 Å². The Morgan fingerprint density at radius 1 is 1.14 bits per heavy atom. The third-order valence-electron chi connectivity index (χ3n) is 3.44. The molecular formula is C17H14F3N3O3S2. The van der Waals surface area contributed by atoms with Gasteiger partial charge in [0.05, 0.1) is 4.90 Å². The number of ether oxygens (including phenoxy) is 1.